The lowest BCUT2D eigenvalue weighted by Gasteiger charge is -2.16. The molecule has 0 aliphatic heterocycles. The number of hydrogen-bond acceptors (Lipinski definition) is 6. The molecule has 0 amide bonds. The number of H-pyrrole nitrogens is 1. The normalized spacial score (nSPS) is 12.2. The van der Waals surface area contributed by atoms with Crippen molar-refractivity contribution in [3.8, 4) is 5.75 Å². The first-order valence-corrected chi connectivity index (χ1v) is 11.2. The molecule has 9 nitrogen and oxygen atoms in total. The summed E-state index contributed by atoms with van der Waals surface area (Å²) in [7, 11) is 0.794. The van der Waals surface area contributed by atoms with Gasteiger partial charge in [0.25, 0.3) is 0 Å². The average molecular weight is 503 g/mol. The van der Waals surface area contributed by atoms with Gasteiger partial charge in [-0.05, 0) is 57.0 Å². The monoisotopic (exact) mass is 502 g/mol. The first-order valence-electron chi connectivity index (χ1n) is 11.2. The Kier molecular flexibility index (Phi) is 7.91. The molecule has 3 rings (SSSR count). The SMILES string of the molecule is COC(=O)C(F)(F)Cn1c(=O)[nH]/c(=N\c2ccc(OC(C)C)c(C)c2)n(Cc2ccc(C)cc2)c1=O. The van der Waals surface area contributed by atoms with Crippen LogP contribution in [0.3, 0.4) is 0 Å². The van der Waals surface area contributed by atoms with Crippen molar-refractivity contribution < 1.29 is 23.0 Å². The van der Waals surface area contributed by atoms with Crippen LogP contribution in [0, 0.1) is 13.8 Å². The van der Waals surface area contributed by atoms with Gasteiger partial charge < -0.3 is 9.47 Å². The van der Waals surface area contributed by atoms with Gasteiger partial charge in [0.15, 0.2) is 0 Å². The first-order chi connectivity index (χ1) is 16.9. The fraction of sp³-hybridized carbons (Fsp3) is 0.360. The van der Waals surface area contributed by atoms with E-state index in [9.17, 15) is 23.2 Å². The Morgan fingerprint density at radius 2 is 1.75 bits per heavy atom. The number of alkyl halides is 2. The Hall–Kier alpha value is -4.02. The van der Waals surface area contributed by atoms with Gasteiger partial charge in [0.2, 0.25) is 5.62 Å². The molecule has 0 fully saturated rings. The lowest BCUT2D eigenvalue weighted by Crippen LogP contribution is -2.53. The Balaban J connectivity index is 2.18. The highest BCUT2D eigenvalue weighted by molar-refractivity contribution is 5.77. The number of halogens is 2. The van der Waals surface area contributed by atoms with Crippen molar-refractivity contribution in [1.82, 2.24) is 14.1 Å². The van der Waals surface area contributed by atoms with Crippen molar-refractivity contribution in [2.75, 3.05) is 7.11 Å². The molecular weight excluding hydrogens is 474 g/mol. The molecule has 1 N–H and O–H groups in total. The number of nitrogens with one attached hydrogen (secondary N) is 1. The predicted molar refractivity (Wildman–Crippen MR) is 129 cm³/mol. The number of hydrogen-bond donors (Lipinski definition) is 1. The van der Waals surface area contributed by atoms with Crippen LogP contribution < -0.4 is 21.7 Å². The summed E-state index contributed by atoms with van der Waals surface area (Å²) in [5.41, 5.74) is 0.522. The Morgan fingerprint density at radius 1 is 1.08 bits per heavy atom. The molecule has 0 aliphatic rings. The molecule has 1 aromatic heterocycles. The topological polar surface area (TPSA) is 108 Å². The van der Waals surface area contributed by atoms with Crippen LogP contribution in [0.4, 0.5) is 14.5 Å². The molecule has 192 valence electrons. The van der Waals surface area contributed by atoms with Crippen molar-refractivity contribution in [3.05, 3.63) is 85.7 Å². The molecule has 1 heterocycles. The number of aryl methyl sites for hydroxylation is 2. The van der Waals surface area contributed by atoms with E-state index in [1.165, 1.54) is 0 Å². The van der Waals surface area contributed by atoms with Gasteiger partial charge in [0, 0.05) is 0 Å². The molecule has 0 bridgehead atoms. The van der Waals surface area contributed by atoms with E-state index in [0.29, 0.717) is 17.0 Å². The maximum absolute atomic E-state index is 14.3. The standard InChI is InChI=1S/C25H28F2N4O5/c1-15(2)36-20-11-10-19(12-17(20)4)28-22-29-23(33)31(14-25(26,27)21(32)35-5)24(34)30(22)13-18-8-6-16(3)7-9-18/h6-12,15H,13-14H2,1-5H3,(H,28,29,33). The summed E-state index contributed by atoms with van der Waals surface area (Å²) in [6.07, 6.45) is -0.0322. The van der Waals surface area contributed by atoms with E-state index in [1.54, 1.807) is 30.3 Å². The summed E-state index contributed by atoms with van der Waals surface area (Å²) in [6, 6.07) is 12.3. The summed E-state index contributed by atoms with van der Waals surface area (Å²) >= 11 is 0. The highest BCUT2D eigenvalue weighted by Crippen LogP contribution is 2.24. The van der Waals surface area contributed by atoms with Crippen molar-refractivity contribution >= 4 is 11.7 Å². The number of aromatic nitrogens is 3. The minimum atomic E-state index is -4.09. The van der Waals surface area contributed by atoms with Crippen LogP contribution in [0.1, 0.15) is 30.5 Å². The van der Waals surface area contributed by atoms with Crippen molar-refractivity contribution in [2.45, 2.75) is 52.8 Å². The molecule has 0 spiro atoms. The van der Waals surface area contributed by atoms with E-state index < -0.39 is 29.8 Å². The van der Waals surface area contributed by atoms with Crippen LogP contribution in [0.25, 0.3) is 0 Å². The van der Waals surface area contributed by atoms with Gasteiger partial charge in [-0.2, -0.15) is 8.78 Å². The van der Waals surface area contributed by atoms with Crippen LogP contribution in [-0.2, 0) is 22.6 Å². The van der Waals surface area contributed by atoms with Gasteiger partial charge in [0.05, 0.1) is 25.4 Å². The third-order valence-corrected chi connectivity index (χ3v) is 5.24. The second-order valence-corrected chi connectivity index (χ2v) is 8.62. The van der Waals surface area contributed by atoms with E-state index >= 15 is 0 Å². The third-order valence-electron chi connectivity index (χ3n) is 5.24. The molecule has 11 heteroatoms. The molecule has 0 radical (unpaired) electrons. The number of benzene rings is 2. The smallest absolute Gasteiger partial charge is 0.378 e. The number of esters is 1. The molecule has 0 aliphatic carbocycles. The summed E-state index contributed by atoms with van der Waals surface area (Å²) in [5.74, 6) is -5.28. The molecule has 0 saturated heterocycles. The Labute approximate surface area is 205 Å². The fourth-order valence-corrected chi connectivity index (χ4v) is 3.42. The minimum Gasteiger partial charge on any atom is -0.491 e. The van der Waals surface area contributed by atoms with Crippen LogP contribution in [0.15, 0.2) is 57.0 Å². The zero-order valence-corrected chi connectivity index (χ0v) is 20.7. The number of nitrogens with zero attached hydrogens (tertiary/aromatic N) is 3. The van der Waals surface area contributed by atoms with E-state index in [4.69, 9.17) is 4.74 Å². The van der Waals surface area contributed by atoms with Crippen molar-refractivity contribution in [2.24, 2.45) is 4.99 Å². The number of methoxy groups -OCH3 is 1. The van der Waals surface area contributed by atoms with Crippen LogP contribution in [0.5, 0.6) is 5.75 Å². The lowest BCUT2D eigenvalue weighted by molar-refractivity contribution is -0.170. The summed E-state index contributed by atoms with van der Waals surface area (Å²) in [4.78, 5) is 44.2. The maximum atomic E-state index is 14.3. The van der Waals surface area contributed by atoms with Gasteiger partial charge in [-0.15, -0.1) is 0 Å². The highest BCUT2D eigenvalue weighted by atomic mass is 19.3. The lowest BCUT2D eigenvalue weighted by atomic mass is 10.1. The number of carbonyl (C=O) groups excluding carboxylic acids is 1. The summed E-state index contributed by atoms with van der Waals surface area (Å²) in [6.45, 7) is 5.97. The average Bonchev–Trinajstić information content (AvgIpc) is 2.81. The Morgan fingerprint density at radius 3 is 2.33 bits per heavy atom. The zero-order chi connectivity index (χ0) is 26.6. The quantitative estimate of drug-likeness (QED) is 0.477. The molecule has 0 atom stereocenters. The number of aromatic amines is 1. The molecule has 2 aromatic carbocycles. The third kappa shape index (κ3) is 6.15. The van der Waals surface area contributed by atoms with E-state index in [1.807, 2.05) is 39.8 Å². The van der Waals surface area contributed by atoms with Crippen molar-refractivity contribution in [1.29, 1.82) is 0 Å². The van der Waals surface area contributed by atoms with E-state index in [-0.39, 0.29) is 22.8 Å². The number of rotatable bonds is 8. The van der Waals surface area contributed by atoms with Crippen LogP contribution in [-0.4, -0.2) is 39.2 Å². The second kappa shape index (κ2) is 10.7. The fourth-order valence-electron chi connectivity index (χ4n) is 3.42. The van der Waals surface area contributed by atoms with Gasteiger partial charge in [-0.25, -0.2) is 23.9 Å². The van der Waals surface area contributed by atoms with Crippen LogP contribution in [0.2, 0.25) is 0 Å². The van der Waals surface area contributed by atoms with Gasteiger partial charge in [-0.1, -0.05) is 29.8 Å². The molecular formula is C25H28F2N4O5. The maximum Gasteiger partial charge on any atom is 0.378 e. The Bertz CT molecular complexity index is 1440. The first kappa shape index (κ1) is 26.6. The minimum absolute atomic E-state index is 0.0322. The number of ether oxygens (including phenoxy) is 2. The molecule has 36 heavy (non-hydrogen) atoms. The van der Waals surface area contributed by atoms with Crippen LogP contribution >= 0.6 is 0 Å². The number of carbonyl (C=O) groups is 1. The predicted octanol–water partition coefficient (Wildman–Crippen LogP) is 2.83. The summed E-state index contributed by atoms with van der Waals surface area (Å²) < 4.78 is 39.7. The molecule has 0 saturated carbocycles. The van der Waals surface area contributed by atoms with Gasteiger partial charge >= 0.3 is 23.3 Å². The zero-order valence-electron chi connectivity index (χ0n) is 20.7. The second-order valence-electron chi connectivity index (χ2n) is 8.62. The highest BCUT2D eigenvalue weighted by Gasteiger charge is 2.41. The molecule has 3 aromatic rings. The molecule has 0 unspecified atom stereocenters. The van der Waals surface area contributed by atoms with Gasteiger partial charge in [-0.3, -0.25) is 9.55 Å². The van der Waals surface area contributed by atoms with Crippen molar-refractivity contribution in [3.63, 3.8) is 0 Å². The van der Waals surface area contributed by atoms with Gasteiger partial charge in [0.1, 0.15) is 12.3 Å². The largest absolute Gasteiger partial charge is 0.491 e. The summed E-state index contributed by atoms with van der Waals surface area (Å²) in [5, 5.41) is 0. The van der Waals surface area contributed by atoms with E-state index in [2.05, 4.69) is 14.7 Å². The van der Waals surface area contributed by atoms with E-state index in [0.717, 1.165) is 22.8 Å².